The van der Waals surface area contributed by atoms with Gasteiger partial charge < -0.3 is 9.88 Å². The molecular weight excluding hydrogens is 387 g/mol. The van der Waals surface area contributed by atoms with Crippen LogP contribution in [-0.2, 0) is 12.6 Å². The second-order valence-corrected chi connectivity index (χ2v) is 7.82. The summed E-state index contributed by atoms with van der Waals surface area (Å²) in [5.41, 5.74) is 5.14. The Morgan fingerprint density at radius 1 is 0.900 bits per heavy atom. The Balaban J connectivity index is 1.30. The molecule has 2 aromatic carbocycles. The van der Waals surface area contributed by atoms with Gasteiger partial charge >= 0.3 is 6.18 Å². The van der Waals surface area contributed by atoms with Gasteiger partial charge in [-0.1, -0.05) is 30.3 Å². The Morgan fingerprint density at radius 2 is 1.57 bits per heavy atom. The standard InChI is InChI=1S/C24H26F3N3/c1-18-20(17-23(28-18)19-5-3-2-4-6-19)11-12-29-13-15-30(16-14-29)22-9-7-21(8-10-22)24(25,26)27/h2-10,17,28H,11-16H2,1H3. The number of rotatable bonds is 5. The van der Waals surface area contributed by atoms with Gasteiger partial charge in [0.2, 0.25) is 0 Å². The Morgan fingerprint density at radius 3 is 2.20 bits per heavy atom. The van der Waals surface area contributed by atoms with Gasteiger partial charge in [-0.05, 0) is 54.8 Å². The van der Waals surface area contributed by atoms with Crippen LogP contribution in [0.15, 0.2) is 60.7 Å². The molecule has 158 valence electrons. The minimum atomic E-state index is -4.28. The lowest BCUT2D eigenvalue weighted by atomic mass is 10.1. The SMILES string of the molecule is Cc1[nH]c(-c2ccccc2)cc1CCN1CCN(c2ccc(C(F)(F)F)cc2)CC1. The topological polar surface area (TPSA) is 22.3 Å². The van der Waals surface area contributed by atoms with Crippen molar-refractivity contribution in [1.29, 1.82) is 0 Å². The van der Waals surface area contributed by atoms with E-state index in [1.54, 1.807) is 12.1 Å². The van der Waals surface area contributed by atoms with Crippen LogP contribution in [0.1, 0.15) is 16.8 Å². The van der Waals surface area contributed by atoms with E-state index in [2.05, 4.69) is 39.9 Å². The fourth-order valence-corrected chi connectivity index (χ4v) is 4.00. The molecule has 0 atom stereocenters. The molecule has 3 aromatic rings. The zero-order valence-electron chi connectivity index (χ0n) is 17.0. The number of benzene rings is 2. The van der Waals surface area contributed by atoms with E-state index in [1.165, 1.54) is 29.0 Å². The van der Waals surface area contributed by atoms with Crippen LogP contribution >= 0.6 is 0 Å². The smallest absolute Gasteiger partial charge is 0.369 e. The van der Waals surface area contributed by atoms with Gasteiger partial charge in [-0.3, -0.25) is 4.90 Å². The first-order valence-corrected chi connectivity index (χ1v) is 10.3. The lowest BCUT2D eigenvalue weighted by Crippen LogP contribution is -2.47. The predicted molar refractivity (Wildman–Crippen MR) is 115 cm³/mol. The van der Waals surface area contributed by atoms with Crippen molar-refractivity contribution in [2.75, 3.05) is 37.6 Å². The van der Waals surface area contributed by atoms with Gasteiger partial charge in [-0.15, -0.1) is 0 Å². The number of nitrogens with one attached hydrogen (secondary N) is 1. The quantitative estimate of drug-likeness (QED) is 0.607. The second kappa shape index (κ2) is 8.56. The van der Waals surface area contributed by atoms with Crippen LogP contribution in [0.4, 0.5) is 18.9 Å². The zero-order valence-corrected chi connectivity index (χ0v) is 17.0. The molecule has 0 spiro atoms. The number of aromatic nitrogens is 1. The molecule has 4 rings (SSSR count). The van der Waals surface area contributed by atoms with Gasteiger partial charge in [0.1, 0.15) is 0 Å². The third-order valence-corrected chi connectivity index (χ3v) is 5.84. The number of aromatic amines is 1. The van der Waals surface area contributed by atoms with Crippen molar-refractivity contribution in [2.24, 2.45) is 0 Å². The number of alkyl halides is 3. The monoisotopic (exact) mass is 413 g/mol. The molecule has 0 radical (unpaired) electrons. The zero-order chi connectivity index (χ0) is 21.1. The molecular formula is C24H26F3N3. The molecule has 1 aliphatic rings. The predicted octanol–water partition coefficient (Wildman–Crippen LogP) is 5.37. The molecule has 0 bridgehead atoms. The van der Waals surface area contributed by atoms with E-state index in [-0.39, 0.29) is 0 Å². The lowest BCUT2D eigenvalue weighted by molar-refractivity contribution is -0.137. The van der Waals surface area contributed by atoms with Crippen molar-refractivity contribution < 1.29 is 13.2 Å². The highest BCUT2D eigenvalue weighted by atomic mass is 19.4. The van der Waals surface area contributed by atoms with E-state index >= 15 is 0 Å². The van der Waals surface area contributed by atoms with E-state index in [0.29, 0.717) is 0 Å². The van der Waals surface area contributed by atoms with Gasteiger partial charge in [0.15, 0.2) is 0 Å². The lowest BCUT2D eigenvalue weighted by Gasteiger charge is -2.36. The Kier molecular flexibility index (Phi) is 5.86. The van der Waals surface area contributed by atoms with Crippen molar-refractivity contribution in [3.63, 3.8) is 0 Å². The maximum atomic E-state index is 12.7. The highest BCUT2D eigenvalue weighted by Gasteiger charge is 2.30. The Hall–Kier alpha value is -2.73. The average molecular weight is 413 g/mol. The first-order chi connectivity index (χ1) is 14.4. The third kappa shape index (κ3) is 4.70. The molecule has 1 fully saturated rings. The van der Waals surface area contributed by atoms with E-state index in [9.17, 15) is 13.2 Å². The van der Waals surface area contributed by atoms with Gasteiger partial charge in [0.25, 0.3) is 0 Å². The molecule has 3 nitrogen and oxygen atoms in total. The van der Waals surface area contributed by atoms with E-state index in [4.69, 9.17) is 0 Å². The Labute approximate surface area is 175 Å². The maximum absolute atomic E-state index is 12.7. The third-order valence-electron chi connectivity index (χ3n) is 5.84. The molecule has 2 heterocycles. The number of aryl methyl sites for hydroxylation is 1. The van der Waals surface area contributed by atoms with Crippen molar-refractivity contribution in [3.8, 4) is 11.3 Å². The van der Waals surface area contributed by atoms with Crippen LogP contribution in [0.5, 0.6) is 0 Å². The molecule has 0 amide bonds. The van der Waals surface area contributed by atoms with Crippen LogP contribution in [0.2, 0.25) is 0 Å². The van der Waals surface area contributed by atoms with Crippen LogP contribution in [0, 0.1) is 6.92 Å². The van der Waals surface area contributed by atoms with E-state index in [1.807, 2.05) is 18.2 Å². The number of hydrogen-bond donors (Lipinski definition) is 1. The van der Waals surface area contributed by atoms with Gasteiger partial charge in [-0.25, -0.2) is 0 Å². The average Bonchev–Trinajstić information content (AvgIpc) is 3.13. The fraction of sp³-hybridized carbons (Fsp3) is 0.333. The number of hydrogen-bond acceptors (Lipinski definition) is 2. The van der Waals surface area contributed by atoms with E-state index < -0.39 is 11.7 Å². The largest absolute Gasteiger partial charge is 0.416 e. The number of halogens is 3. The summed E-state index contributed by atoms with van der Waals surface area (Å²) in [6, 6.07) is 18.0. The summed E-state index contributed by atoms with van der Waals surface area (Å²) in [5.74, 6) is 0. The van der Waals surface area contributed by atoms with Gasteiger partial charge in [-0.2, -0.15) is 13.2 Å². The van der Waals surface area contributed by atoms with Crippen molar-refractivity contribution in [2.45, 2.75) is 19.5 Å². The summed E-state index contributed by atoms with van der Waals surface area (Å²) in [6.07, 6.45) is -3.30. The maximum Gasteiger partial charge on any atom is 0.416 e. The summed E-state index contributed by atoms with van der Waals surface area (Å²) in [7, 11) is 0. The van der Waals surface area contributed by atoms with Crippen molar-refractivity contribution in [3.05, 3.63) is 77.5 Å². The number of H-pyrrole nitrogens is 1. The summed E-state index contributed by atoms with van der Waals surface area (Å²) >= 11 is 0. The molecule has 1 aliphatic heterocycles. The van der Waals surface area contributed by atoms with Gasteiger partial charge in [0, 0.05) is 49.8 Å². The second-order valence-electron chi connectivity index (χ2n) is 7.82. The molecule has 30 heavy (non-hydrogen) atoms. The van der Waals surface area contributed by atoms with Gasteiger partial charge in [0.05, 0.1) is 5.56 Å². The van der Waals surface area contributed by atoms with Crippen LogP contribution < -0.4 is 4.90 Å². The summed E-state index contributed by atoms with van der Waals surface area (Å²) in [5, 5.41) is 0. The highest BCUT2D eigenvalue weighted by Crippen LogP contribution is 2.30. The number of anilines is 1. The van der Waals surface area contributed by atoms with Crippen molar-refractivity contribution >= 4 is 5.69 Å². The molecule has 6 heteroatoms. The molecule has 1 saturated heterocycles. The molecule has 0 aliphatic carbocycles. The van der Waals surface area contributed by atoms with Crippen LogP contribution in [0.25, 0.3) is 11.3 Å². The minimum Gasteiger partial charge on any atom is -0.369 e. The number of nitrogens with zero attached hydrogens (tertiary/aromatic N) is 2. The molecule has 1 aromatic heterocycles. The van der Waals surface area contributed by atoms with E-state index in [0.717, 1.165) is 50.5 Å². The minimum absolute atomic E-state index is 0.596. The fourth-order valence-electron chi connectivity index (χ4n) is 4.00. The summed E-state index contributed by atoms with van der Waals surface area (Å²) < 4.78 is 38.2. The van der Waals surface area contributed by atoms with Crippen molar-refractivity contribution in [1.82, 2.24) is 9.88 Å². The first kappa shape index (κ1) is 20.5. The van der Waals surface area contributed by atoms with Crippen LogP contribution in [-0.4, -0.2) is 42.6 Å². The molecule has 0 unspecified atom stereocenters. The molecule has 1 N–H and O–H groups in total. The van der Waals surface area contributed by atoms with Crippen LogP contribution in [0.3, 0.4) is 0 Å². The Bertz CT molecular complexity index is 954. The summed E-state index contributed by atoms with van der Waals surface area (Å²) in [6.45, 7) is 6.57. The highest BCUT2D eigenvalue weighted by molar-refractivity contribution is 5.61. The molecule has 0 saturated carbocycles. The number of piperazine rings is 1. The summed E-state index contributed by atoms with van der Waals surface area (Å²) in [4.78, 5) is 8.07. The normalized spacial score (nSPS) is 15.5. The first-order valence-electron chi connectivity index (χ1n) is 10.3.